The second kappa shape index (κ2) is 2.20. The van der Waals surface area contributed by atoms with Crippen molar-refractivity contribution in [3.05, 3.63) is 23.5 Å². The predicted molar refractivity (Wildman–Crippen MR) is 45.3 cm³/mol. The van der Waals surface area contributed by atoms with E-state index in [4.69, 9.17) is 0 Å². The van der Waals surface area contributed by atoms with Crippen molar-refractivity contribution in [1.82, 2.24) is 4.98 Å². The van der Waals surface area contributed by atoms with Gasteiger partial charge in [-0.1, -0.05) is 0 Å². The molecule has 1 aliphatic rings. The lowest BCUT2D eigenvalue weighted by Crippen LogP contribution is -2.14. The molecule has 2 heterocycles. The van der Waals surface area contributed by atoms with Gasteiger partial charge in [0.05, 0.1) is 21.0 Å². The maximum Gasteiger partial charge on any atom is 0.286 e. The average molecular weight is 184 g/mol. The summed E-state index contributed by atoms with van der Waals surface area (Å²) < 4.78 is 15.1. The Kier molecular flexibility index (Phi) is 1.38. The molecule has 4 nitrogen and oxygen atoms in total. The van der Waals surface area contributed by atoms with Gasteiger partial charge in [-0.05, 0) is 6.07 Å². The third-order valence-corrected chi connectivity index (χ3v) is 3.13. The van der Waals surface area contributed by atoms with E-state index in [0.717, 1.165) is 5.69 Å². The molecule has 0 spiro atoms. The highest BCUT2D eigenvalue weighted by atomic mass is 32.2. The summed E-state index contributed by atoms with van der Waals surface area (Å²) in [6.07, 6.45) is 3.16. The third kappa shape index (κ3) is 1.06. The molecule has 64 valence electrons. The first-order valence-electron chi connectivity index (χ1n) is 3.49. The van der Waals surface area contributed by atoms with E-state index in [1.54, 1.807) is 12.3 Å². The number of rotatable bonds is 0. The average Bonchev–Trinajstić information content (AvgIpc) is 2.31. The van der Waals surface area contributed by atoms with E-state index < -0.39 is 9.73 Å². The van der Waals surface area contributed by atoms with Crippen molar-refractivity contribution >= 4 is 15.6 Å². The van der Waals surface area contributed by atoms with Gasteiger partial charge in [-0.15, -0.1) is 0 Å². The molecule has 0 bridgehead atoms. The Bertz CT molecular complexity index is 452. The van der Waals surface area contributed by atoms with Crippen molar-refractivity contribution in [3.63, 3.8) is 0 Å². The van der Waals surface area contributed by atoms with E-state index in [1.165, 1.54) is 6.26 Å². The lowest BCUT2D eigenvalue weighted by Gasteiger charge is -2.08. The Morgan fingerprint density at radius 3 is 3.17 bits per heavy atom. The lowest BCUT2D eigenvalue weighted by atomic mass is 10.2. The van der Waals surface area contributed by atoms with E-state index in [-0.39, 0.29) is 5.91 Å². The molecule has 1 amide bonds. The van der Waals surface area contributed by atoms with Gasteiger partial charge in [0.1, 0.15) is 0 Å². The van der Waals surface area contributed by atoms with Crippen LogP contribution < -0.4 is 0 Å². The molecule has 1 N–H and O–H groups in total. The summed E-state index contributed by atoms with van der Waals surface area (Å²) in [6.45, 7) is 0. The Morgan fingerprint density at radius 1 is 1.67 bits per heavy atom. The molecule has 0 aliphatic carbocycles. The molecule has 2 rings (SSSR count). The Balaban J connectivity index is 2.65. The van der Waals surface area contributed by atoms with Crippen molar-refractivity contribution in [3.8, 4) is 0 Å². The maximum atomic E-state index is 11.5. The van der Waals surface area contributed by atoms with E-state index in [1.807, 2.05) is 0 Å². The number of aromatic amines is 1. The fourth-order valence-corrected chi connectivity index (χ4v) is 2.54. The highest BCUT2D eigenvalue weighted by molar-refractivity contribution is 7.92. The van der Waals surface area contributed by atoms with Gasteiger partial charge >= 0.3 is 0 Å². The van der Waals surface area contributed by atoms with Gasteiger partial charge in [-0.25, -0.2) is 4.21 Å². The number of hydrogen-bond donors (Lipinski definition) is 1. The van der Waals surface area contributed by atoms with Crippen LogP contribution in [-0.4, -0.2) is 21.4 Å². The molecule has 1 aliphatic heterocycles. The van der Waals surface area contributed by atoms with E-state index >= 15 is 0 Å². The van der Waals surface area contributed by atoms with Crippen molar-refractivity contribution in [1.29, 1.82) is 0 Å². The van der Waals surface area contributed by atoms with Gasteiger partial charge < -0.3 is 4.98 Å². The minimum atomic E-state index is -2.32. The number of H-pyrrole nitrogens is 1. The zero-order valence-corrected chi connectivity index (χ0v) is 7.35. The Morgan fingerprint density at radius 2 is 2.42 bits per heavy atom. The van der Waals surface area contributed by atoms with Gasteiger partial charge in [0.2, 0.25) is 0 Å². The number of nitrogens with zero attached hydrogens (tertiary/aromatic N) is 1. The molecule has 1 aromatic heterocycles. The molecule has 0 saturated carbocycles. The fourth-order valence-electron chi connectivity index (χ4n) is 1.25. The molecule has 0 saturated heterocycles. The maximum absolute atomic E-state index is 11.5. The normalized spacial score (nSPS) is 27.9. The SMILES string of the molecule is CS1(=O)=NC(=O)c2cc[nH]c2C1. The van der Waals surface area contributed by atoms with Gasteiger partial charge in [-0.3, -0.25) is 4.79 Å². The second-order valence-corrected chi connectivity index (χ2v) is 5.26. The zero-order valence-electron chi connectivity index (χ0n) is 6.53. The summed E-state index contributed by atoms with van der Waals surface area (Å²) in [7, 11) is -2.32. The molecular weight excluding hydrogens is 176 g/mol. The lowest BCUT2D eigenvalue weighted by molar-refractivity contribution is 0.100. The first kappa shape index (κ1) is 7.54. The highest BCUT2D eigenvalue weighted by Gasteiger charge is 2.21. The molecular formula is C7H8N2O2S. The number of nitrogens with one attached hydrogen (secondary N) is 1. The summed E-state index contributed by atoms with van der Waals surface area (Å²) in [5.41, 5.74) is 1.29. The standard InChI is InChI=1S/C7H8N2O2S/c1-12(11)4-6-5(2-3-8-6)7(10)9-12/h2-3,8H,4H2,1H3. The monoisotopic (exact) mass is 184 g/mol. The topological polar surface area (TPSA) is 62.3 Å². The third-order valence-electron chi connectivity index (χ3n) is 1.75. The minimum Gasteiger partial charge on any atom is -0.364 e. The van der Waals surface area contributed by atoms with Crippen molar-refractivity contribution in [2.45, 2.75) is 5.75 Å². The largest absolute Gasteiger partial charge is 0.364 e. The van der Waals surface area contributed by atoms with Gasteiger partial charge in [-0.2, -0.15) is 4.36 Å². The van der Waals surface area contributed by atoms with E-state index in [2.05, 4.69) is 9.35 Å². The minimum absolute atomic E-state index is 0.348. The summed E-state index contributed by atoms with van der Waals surface area (Å²) in [4.78, 5) is 14.1. The van der Waals surface area contributed by atoms with Crippen LogP contribution in [0.25, 0.3) is 0 Å². The van der Waals surface area contributed by atoms with Crippen molar-refractivity contribution in [2.75, 3.05) is 6.26 Å². The smallest absolute Gasteiger partial charge is 0.286 e. The molecule has 5 heteroatoms. The van der Waals surface area contributed by atoms with Crippen LogP contribution in [0.2, 0.25) is 0 Å². The molecule has 0 fully saturated rings. The number of carbonyl (C=O) groups is 1. The first-order chi connectivity index (χ1) is 5.58. The summed E-state index contributed by atoms with van der Waals surface area (Å²) in [5.74, 6) is -0.0221. The van der Waals surface area contributed by atoms with Crippen LogP contribution in [0.5, 0.6) is 0 Å². The number of fused-ring (bicyclic) bond motifs is 1. The molecule has 0 aromatic carbocycles. The zero-order chi connectivity index (χ0) is 8.77. The van der Waals surface area contributed by atoms with Crippen LogP contribution in [0.15, 0.2) is 16.6 Å². The summed E-state index contributed by atoms with van der Waals surface area (Å²) >= 11 is 0. The van der Waals surface area contributed by atoms with Crippen molar-refractivity contribution < 1.29 is 9.00 Å². The Labute approximate surface area is 70.2 Å². The molecule has 1 aromatic rings. The van der Waals surface area contributed by atoms with E-state index in [0.29, 0.717) is 11.3 Å². The second-order valence-electron chi connectivity index (χ2n) is 2.87. The van der Waals surface area contributed by atoms with Gasteiger partial charge in [0.15, 0.2) is 0 Å². The number of carbonyl (C=O) groups excluding carboxylic acids is 1. The van der Waals surface area contributed by atoms with Crippen LogP contribution in [0.4, 0.5) is 0 Å². The number of amides is 1. The van der Waals surface area contributed by atoms with Crippen LogP contribution >= 0.6 is 0 Å². The number of hydrogen-bond acceptors (Lipinski definition) is 2. The number of aromatic nitrogens is 1. The fraction of sp³-hybridized carbons (Fsp3) is 0.286. The van der Waals surface area contributed by atoms with Crippen LogP contribution in [0, 0.1) is 0 Å². The van der Waals surface area contributed by atoms with Crippen LogP contribution in [0.3, 0.4) is 0 Å². The van der Waals surface area contributed by atoms with Crippen LogP contribution in [-0.2, 0) is 15.5 Å². The van der Waals surface area contributed by atoms with Crippen LogP contribution in [0.1, 0.15) is 16.1 Å². The van der Waals surface area contributed by atoms with Crippen molar-refractivity contribution in [2.24, 2.45) is 4.36 Å². The molecule has 0 radical (unpaired) electrons. The first-order valence-corrected chi connectivity index (χ1v) is 5.58. The Hall–Kier alpha value is -1.10. The molecule has 1 unspecified atom stereocenters. The molecule has 1 atom stereocenters. The molecule has 12 heavy (non-hydrogen) atoms. The summed E-state index contributed by atoms with van der Waals surface area (Å²) in [6, 6.07) is 1.66. The van der Waals surface area contributed by atoms with E-state index in [9.17, 15) is 9.00 Å². The highest BCUT2D eigenvalue weighted by Crippen LogP contribution is 2.18. The van der Waals surface area contributed by atoms with Gasteiger partial charge in [0, 0.05) is 18.1 Å². The summed E-state index contributed by atoms with van der Waals surface area (Å²) in [5, 5.41) is 0. The van der Waals surface area contributed by atoms with Gasteiger partial charge in [0.25, 0.3) is 5.91 Å². The predicted octanol–water partition coefficient (Wildman–Crippen LogP) is 0.766. The quantitative estimate of drug-likeness (QED) is 0.647.